The molecule has 3 aromatic rings. The summed E-state index contributed by atoms with van der Waals surface area (Å²) in [5.41, 5.74) is -0.123. The van der Waals surface area contributed by atoms with Gasteiger partial charge < -0.3 is 5.32 Å². The van der Waals surface area contributed by atoms with Gasteiger partial charge in [-0.2, -0.15) is 13.2 Å². The van der Waals surface area contributed by atoms with Crippen LogP contribution >= 0.6 is 45.3 Å². The Hall–Kier alpha value is -1.46. The Bertz CT molecular complexity index is 920. The first-order valence-electron chi connectivity index (χ1n) is 6.95. The number of nitrogens with one attached hydrogen (secondary N) is 1. The van der Waals surface area contributed by atoms with Crippen LogP contribution in [-0.2, 0) is 6.18 Å². The van der Waals surface area contributed by atoms with Gasteiger partial charge in [-0.3, -0.25) is 4.79 Å². The molecule has 0 saturated carbocycles. The standard InChI is InChI=1S/C16H10F3IN2OS2/c1-8-13(25-15(21-8)12-3-2-6-24-12)14(23)22-11-7-9(16(17,18)19)4-5-10(11)20/h2-7H,1H3,(H,22,23). The highest BCUT2D eigenvalue weighted by atomic mass is 127. The zero-order valence-electron chi connectivity index (χ0n) is 12.6. The van der Waals surface area contributed by atoms with E-state index in [0.29, 0.717) is 14.1 Å². The second kappa shape index (κ2) is 7.04. The van der Waals surface area contributed by atoms with Gasteiger partial charge in [0.1, 0.15) is 9.88 Å². The SMILES string of the molecule is Cc1nc(-c2cccs2)sc1C(=O)Nc1cc(C(F)(F)F)ccc1I. The van der Waals surface area contributed by atoms with Gasteiger partial charge in [-0.25, -0.2) is 4.98 Å². The molecule has 0 fully saturated rings. The lowest BCUT2D eigenvalue weighted by atomic mass is 10.2. The molecule has 0 aliphatic heterocycles. The highest BCUT2D eigenvalue weighted by Crippen LogP contribution is 2.34. The number of carbonyl (C=O) groups excluding carboxylic acids is 1. The largest absolute Gasteiger partial charge is 0.416 e. The third-order valence-corrected chi connectivity index (χ3v) is 6.41. The lowest BCUT2D eigenvalue weighted by Crippen LogP contribution is -2.14. The molecular weight excluding hydrogens is 484 g/mol. The molecule has 3 nitrogen and oxygen atoms in total. The molecule has 130 valence electrons. The van der Waals surface area contributed by atoms with Crippen molar-refractivity contribution in [3.05, 3.63) is 55.4 Å². The summed E-state index contributed by atoms with van der Waals surface area (Å²) in [7, 11) is 0. The van der Waals surface area contributed by atoms with Crippen molar-refractivity contribution in [2.75, 3.05) is 5.32 Å². The smallest absolute Gasteiger partial charge is 0.320 e. The third-order valence-electron chi connectivity index (χ3n) is 3.28. The summed E-state index contributed by atoms with van der Waals surface area (Å²) in [6.07, 6.45) is -4.46. The van der Waals surface area contributed by atoms with Crippen molar-refractivity contribution in [1.82, 2.24) is 4.98 Å². The number of halogens is 4. The minimum absolute atomic E-state index is 0.130. The fourth-order valence-electron chi connectivity index (χ4n) is 2.09. The number of rotatable bonds is 3. The Morgan fingerprint density at radius 3 is 2.68 bits per heavy atom. The van der Waals surface area contributed by atoms with Crippen molar-refractivity contribution in [2.45, 2.75) is 13.1 Å². The summed E-state index contributed by atoms with van der Waals surface area (Å²) in [4.78, 5) is 18.2. The van der Waals surface area contributed by atoms with Crippen LogP contribution in [0.15, 0.2) is 35.7 Å². The number of carbonyl (C=O) groups is 1. The molecule has 0 saturated heterocycles. The Labute approximate surface area is 163 Å². The maximum Gasteiger partial charge on any atom is 0.416 e. The number of aryl methyl sites for hydroxylation is 1. The predicted molar refractivity (Wildman–Crippen MR) is 102 cm³/mol. The van der Waals surface area contributed by atoms with E-state index in [2.05, 4.69) is 10.3 Å². The van der Waals surface area contributed by atoms with Gasteiger partial charge in [-0.05, 0) is 59.2 Å². The van der Waals surface area contributed by atoms with Gasteiger partial charge in [0.15, 0.2) is 0 Å². The topological polar surface area (TPSA) is 42.0 Å². The Balaban J connectivity index is 1.88. The maximum absolute atomic E-state index is 12.9. The molecule has 0 bridgehead atoms. The Morgan fingerprint density at radius 1 is 1.28 bits per heavy atom. The van der Waals surface area contributed by atoms with Gasteiger partial charge in [-0.15, -0.1) is 22.7 Å². The molecule has 2 aromatic heterocycles. The van der Waals surface area contributed by atoms with E-state index in [1.54, 1.807) is 6.92 Å². The molecule has 3 rings (SSSR count). The van der Waals surface area contributed by atoms with Crippen LogP contribution in [0.5, 0.6) is 0 Å². The second-order valence-corrected chi connectivity index (χ2v) is 8.17. The highest BCUT2D eigenvalue weighted by molar-refractivity contribution is 14.1. The quantitative estimate of drug-likeness (QED) is 0.451. The molecule has 1 N–H and O–H groups in total. The molecule has 25 heavy (non-hydrogen) atoms. The number of benzene rings is 1. The van der Waals surface area contributed by atoms with Crippen molar-refractivity contribution in [3.63, 3.8) is 0 Å². The number of amides is 1. The van der Waals surface area contributed by atoms with Crippen LogP contribution in [0.2, 0.25) is 0 Å². The first kappa shape index (κ1) is 18.3. The number of thiophene rings is 1. The zero-order valence-corrected chi connectivity index (χ0v) is 16.4. The van der Waals surface area contributed by atoms with E-state index in [9.17, 15) is 18.0 Å². The molecule has 2 heterocycles. The van der Waals surface area contributed by atoms with Gasteiger partial charge in [-0.1, -0.05) is 6.07 Å². The van der Waals surface area contributed by atoms with E-state index in [1.807, 2.05) is 40.1 Å². The molecule has 1 aromatic carbocycles. The fourth-order valence-corrected chi connectivity index (χ4v) is 4.32. The number of alkyl halides is 3. The zero-order chi connectivity index (χ0) is 18.2. The van der Waals surface area contributed by atoms with E-state index >= 15 is 0 Å². The van der Waals surface area contributed by atoms with Crippen molar-refractivity contribution in [2.24, 2.45) is 0 Å². The van der Waals surface area contributed by atoms with Crippen molar-refractivity contribution >= 4 is 56.9 Å². The van der Waals surface area contributed by atoms with Gasteiger partial charge >= 0.3 is 6.18 Å². The number of thiazole rings is 1. The summed E-state index contributed by atoms with van der Waals surface area (Å²) in [5, 5.41) is 5.20. The van der Waals surface area contributed by atoms with Gasteiger partial charge in [0.25, 0.3) is 5.91 Å². The number of hydrogen-bond donors (Lipinski definition) is 1. The van der Waals surface area contributed by atoms with E-state index in [1.165, 1.54) is 28.7 Å². The first-order valence-corrected chi connectivity index (χ1v) is 9.72. The third kappa shape index (κ3) is 4.04. The van der Waals surface area contributed by atoms with Gasteiger partial charge in [0.05, 0.1) is 21.8 Å². The lowest BCUT2D eigenvalue weighted by molar-refractivity contribution is -0.137. The predicted octanol–water partition coefficient (Wildman–Crippen LogP) is 6.06. The molecule has 0 unspecified atom stereocenters. The molecule has 1 amide bonds. The molecule has 0 radical (unpaired) electrons. The molecule has 0 aliphatic carbocycles. The van der Waals surface area contributed by atoms with Crippen LogP contribution in [-0.4, -0.2) is 10.9 Å². The summed E-state index contributed by atoms with van der Waals surface area (Å²) in [6, 6.07) is 7.05. The van der Waals surface area contributed by atoms with E-state index in [-0.39, 0.29) is 5.69 Å². The van der Waals surface area contributed by atoms with Crippen molar-refractivity contribution < 1.29 is 18.0 Å². The highest BCUT2D eigenvalue weighted by Gasteiger charge is 2.31. The van der Waals surface area contributed by atoms with Crippen LogP contribution in [0.1, 0.15) is 20.9 Å². The van der Waals surface area contributed by atoms with Crippen LogP contribution in [0.4, 0.5) is 18.9 Å². The average molecular weight is 494 g/mol. The van der Waals surface area contributed by atoms with E-state index < -0.39 is 17.6 Å². The van der Waals surface area contributed by atoms with Crippen LogP contribution in [0, 0.1) is 10.5 Å². The Morgan fingerprint density at radius 2 is 2.04 bits per heavy atom. The second-order valence-electron chi connectivity index (χ2n) is 5.06. The average Bonchev–Trinajstić information content (AvgIpc) is 3.17. The van der Waals surface area contributed by atoms with Crippen LogP contribution < -0.4 is 5.32 Å². The lowest BCUT2D eigenvalue weighted by Gasteiger charge is -2.11. The first-order chi connectivity index (χ1) is 11.8. The molecule has 0 atom stereocenters. The molecular formula is C16H10F3IN2OS2. The minimum Gasteiger partial charge on any atom is -0.320 e. The van der Waals surface area contributed by atoms with Crippen LogP contribution in [0.25, 0.3) is 9.88 Å². The normalized spacial score (nSPS) is 11.6. The van der Waals surface area contributed by atoms with Gasteiger partial charge in [0.2, 0.25) is 0 Å². The summed E-state index contributed by atoms with van der Waals surface area (Å²) in [5.74, 6) is -0.463. The molecule has 0 aliphatic rings. The number of hydrogen-bond acceptors (Lipinski definition) is 4. The van der Waals surface area contributed by atoms with Crippen molar-refractivity contribution in [1.29, 1.82) is 0 Å². The number of aromatic nitrogens is 1. The number of nitrogens with zero attached hydrogens (tertiary/aromatic N) is 1. The fraction of sp³-hybridized carbons (Fsp3) is 0.125. The van der Waals surface area contributed by atoms with E-state index in [0.717, 1.165) is 22.0 Å². The molecule has 9 heteroatoms. The van der Waals surface area contributed by atoms with Crippen LogP contribution in [0.3, 0.4) is 0 Å². The Kier molecular flexibility index (Phi) is 5.16. The maximum atomic E-state index is 12.9. The summed E-state index contributed by atoms with van der Waals surface area (Å²) >= 11 is 4.62. The van der Waals surface area contributed by atoms with Gasteiger partial charge in [0, 0.05) is 3.57 Å². The van der Waals surface area contributed by atoms with Crippen molar-refractivity contribution in [3.8, 4) is 9.88 Å². The monoisotopic (exact) mass is 494 g/mol. The molecule has 0 spiro atoms. The minimum atomic E-state index is -4.46. The summed E-state index contributed by atoms with van der Waals surface area (Å²) in [6.45, 7) is 1.71. The summed E-state index contributed by atoms with van der Waals surface area (Å²) < 4.78 is 39.1. The number of anilines is 1. The van der Waals surface area contributed by atoms with E-state index in [4.69, 9.17) is 0 Å².